The molecular formula is C19H11Cl2N3. The molecule has 0 spiro atoms. The first-order valence-corrected chi connectivity index (χ1v) is 8.10. The van der Waals surface area contributed by atoms with Crippen molar-refractivity contribution in [2.45, 2.75) is 0 Å². The van der Waals surface area contributed by atoms with Crippen LogP contribution >= 0.6 is 23.2 Å². The molecule has 0 atom stereocenters. The van der Waals surface area contributed by atoms with Gasteiger partial charge in [-0.3, -0.25) is 4.98 Å². The molecule has 3 nitrogen and oxygen atoms in total. The number of fused-ring (bicyclic) bond motifs is 1. The Bertz CT molecular complexity index is 1030. The number of benzene rings is 2. The smallest absolute Gasteiger partial charge is 0.162 e. The molecule has 4 aromatic rings. The van der Waals surface area contributed by atoms with Gasteiger partial charge in [-0.15, -0.1) is 0 Å². The van der Waals surface area contributed by atoms with E-state index in [1.807, 2.05) is 36.4 Å². The summed E-state index contributed by atoms with van der Waals surface area (Å²) in [5, 5.41) is 1.75. The van der Waals surface area contributed by atoms with E-state index >= 15 is 0 Å². The maximum atomic E-state index is 5.98. The van der Waals surface area contributed by atoms with Crippen LogP contribution in [-0.4, -0.2) is 15.0 Å². The van der Waals surface area contributed by atoms with Crippen LogP contribution in [0.1, 0.15) is 0 Å². The molecule has 0 N–H and O–H groups in total. The van der Waals surface area contributed by atoms with Gasteiger partial charge in [0.2, 0.25) is 0 Å². The molecule has 0 aliphatic heterocycles. The van der Waals surface area contributed by atoms with Gasteiger partial charge in [0.1, 0.15) is 10.3 Å². The number of pyridine rings is 1. The zero-order valence-corrected chi connectivity index (χ0v) is 14.0. The van der Waals surface area contributed by atoms with Crippen molar-refractivity contribution >= 4 is 34.1 Å². The average molecular weight is 352 g/mol. The first-order chi connectivity index (χ1) is 11.7. The third-order valence-corrected chi connectivity index (χ3v) is 4.11. The molecule has 0 saturated carbocycles. The molecule has 0 amide bonds. The highest BCUT2D eigenvalue weighted by atomic mass is 35.5. The Labute approximate surface area is 148 Å². The lowest BCUT2D eigenvalue weighted by molar-refractivity contribution is 1.18. The zero-order chi connectivity index (χ0) is 16.5. The second-order valence-electron chi connectivity index (χ2n) is 5.33. The standard InChI is InChI=1S/C19H11Cl2N3/c20-17-11-18(21)24-19(23-17)15-4-1-3-12(10-15)13-6-7-16-14(9-13)5-2-8-22-16/h1-11H. The van der Waals surface area contributed by atoms with Gasteiger partial charge in [0.15, 0.2) is 5.82 Å². The van der Waals surface area contributed by atoms with Gasteiger partial charge in [0.05, 0.1) is 5.52 Å². The Morgan fingerprint density at radius 2 is 1.42 bits per heavy atom. The largest absolute Gasteiger partial charge is 0.256 e. The summed E-state index contributed by atoms with van der Waals surface area (Å²) in [6, 6.07) is 19.7. The summed E-state index contributed by atoms with van der Waals surface area (Å²) >= 11 is 12.0. The number of hydrogen-bond donors (Lipinski definition) is 0. The van der Waals surface area contributed by atoms with E-state index in [0.29, 0.717) is 16.1 Å². The van der Waals surface area contributed by atoms with Crippen LogP contribution in [0, 0.1) is 0 Å². The number of halogens is 2. The summed E-state index contributed by atoms with van der Waals surface area (Å²) in [5.41, 5.74) is 4.01. The van der Waals surface area contributed by atoms with E-state index in [2.05, 4.69) is 33.2 Å². The molecule has 0 radical (unpaired) electrons. The minimum absolute atomic E-state index is 0.326. The summed E-state index contributed by atoms with van der Waals surface area (Å²) in [4.78, 5) is 12.8. The fourth-order valence-electron chi connectivity index (χ4n) is 2.61. The van der Waals surface area contributed by atoms with Gasteiger partial charge in [-0.25, -0.2) is 9.97 Å². The van der Waals surface area contributed by atoms with Crippen molar-refractivity contribution in [3.05, 3.63) is 77.2 Å². The van der Waals surface area contributed by atoms with Crippen molar-refractivity contribution in [2.75, 3.05) is 0 Å². The van der Waals surface area contributed by atoms with Crippen molar-refractivity contribution in [3.63, 3.8) is 0 Å². The Kier molecular flexibility index (Phi) is 3.89. The predicted octanol–water partition coefficient (Wildman–Crippen LogP) is 5.67. The first kappa shape index (κ1) is 15.1. The Hall–Kier alpha value is -2.49. The lowest BCUT2D eigenvalue weighted by atomic mass is 10.0. The maximum Gasteiger partial charge on any atom is 0.162 e. The van der Waals surface area contributed by atoms with Crippen molar-refractivity contribution in [2.24, 2.45) is 0 Å². The molecule has 5 heteroatoms. The molecule has 2 aromatic carbocycles. The Balaban J connectivity index is 1.81. The molecule has 2 aromatic heterocycles. The van der Waals surface area contributed by atoms with E-state index in [4.69, 9.17) is 23.2 Å². The molecule has 0 aliphatic rings. The molecule has 4 rings (SSSR count). The quantitative estimate of drug-likeness (QED) is 0.437. The minimum atomic E-state index is 0.326. The van der Waals surface area contributed by atoms with Crippen LogP contribution < -0.4 is 0 Å². The van der Waals surface area contributed by atoms with E-state index in [0.717, 1.165) is 27.6 Å². The van der Waals surface area contributed by atoms with Gasteiger partial charge in [-0.05, 0) is 35.4 Å². The fraction of sp³-hybridized carbons (Fsp3) is 0. The van der Waals surface area contributed by atoms with Crippen molar-refractivity contribution in [1.82, 2.24) is 15.0 Å². The molecular weight excluding hydrogens is 341 g/mol. The second kappa shape index (κ2) is 6.19. The minimum Gasteiger partial charge on any atom is -0.256 e. The number of hydrogen-bond acceptors (Lipinski definition) is 3. The summed E-state index contributed by atoms with van der Waals surface area (Å²) in [6.07, 6.45) is 1.79. The predicted molar refractivity (Wildman–Crippen MR) is 98.2 cm³/mol. The molecule has 0 aliphatic carbocycles. The van der Waals surface area contributed by atoms with Gasteiger partial charge in [0.25, 0.3) is 0 Å². The normalized spacial score (nSPS) is 10.9. The van der Waals surface area contributed by atoms with E-state index < -0.39 is 0 Å². The molecule has 0 saturated heterocycles. The van der Waals surface area contributed by atoms with Crippen LogP contribution in [0.3, 0.4) is 0 Å². The van der Waals surface area contributed by atoms with Crippen molar-refractivity contribution in [1.29, 1.82) is 0 Å². The Morgan fingerprint density at radius 3 is 2.25 bits per heavy atom. The molecule has 2 heterocycles. The average Bonchev–Trinajstić information content (AvgIpc) is 2.60. The topological polar surface area (TPSA) is 38.7 Å². The van der Waals surface area contributed by atoms with Crippen LogP contribution in [0.5, 0.6) is 0 Å². The zero-order valence-electron chi connectivity index (χ0n) is 12.4. The Morgan fingerprint density at radius 1 is 0.667 bits per heavy atom. The molecule has 0 unspecified atom stereocenters. The highest BCUT2D eigenvalue weighted by Gasteiger charge is 2.07. The number of aromatic nitrogens is 3. The van der Waals surface area contributed by atoms with Crippen LogP contribution in [0.4, 0.5) is 0 Å². The number of rotatable bonds is 2. The van der Waals surface area contributed by atoms with Crippen LogP contribution in [0.25, 0.3) is 33.4 Å². The van der Waals surface area contributed by atoms with Gasteiger partial charge in [-0.1, -0.05) is 53.5 Å². The van der Waals surface area contributed by atoms with E-state index in [1.165, 1.54) is 6.07 Å². The van der Waals surface area contributed by atoms with Crippen molar-refractivity contribution in [3.8, 4) is 22.5 Å². The van der Waals surface area contributed by atoms with Crippen LogP contribution in [-0.2, 0) is 0 Å². The van der Waals surface area contributed by atoms with Crippen molar-refractivity contribution < 1.29 is 0 Å². The summed E-state index contributed by atoms with van der Waals surface area (Å²) in [7, 11) is 0. The highest BCUT2D eigenvalue weighted by molar-refractivity contribution is 6.33. The van der Waals surface area contributed by atoms with E-state index in [-0.39, 0.29) is 0 Å². The van der Waals surface area contributed by atoms with Crippen LogP contribution in [0.15, 0.2) is 66.9 Å². The lowest BCUT2D eigenvalue weighted by Crippen LogP contribution is -1.90. The summed E-state index contributed by atoms with van der Waals surface area (Å²) in [5.74, 6) is 0.511. The molecule has 116 valence electrons. The molecule has 0 bridgehead atoms. The lowest BCUT2D eigenvalue weighted by Gasteiger charge is -2.07. The molecule has 24 heavy (non-hydrogen) atoms. The fourth-order valence-corrected chi connectivity index (χ4v) is 3.03. The first-order valence-electron chi connectivity index (χ1n) is 7.35. The van der Waals surface area contributed by atoms with E-state index in [9.17, 15) is 0 Å². The summed E-state index contributed by atoms with van der Waals surface area (Å²) < 4.78 is 0. The van der Waals surface area contributed by atoms with Gasteiger partial charge in [0, 0.05) is 23.2 Å². The SMILES string of the molecule is Clc1cc(Cl)nc(-c2cccc(-c3ccc4ncccc4c3)c2)n1. The number of nitrogens with zero attached hydrogens (tertiary/aromatic N) is 3. The summed E-state index contributed by atoms with van der Waals surface area (Å²) in [6.45, 7) is 0. The second-order valence-corrected chi connectivity index (χ2v) is 6.10. The highest BCUT2D eigenvalue weighted by Crippen LogP contribution is 2.28. The molecule has 0 fully saturated rings. The van der Waals surface area contributed by atoms with Gasteiger partial charge < -0.3 is 0 Å². The van der Waals surface area contributed by atoms with Crippen LogP contribution in [0.2, 0.25) is 10.3 Å². The van der Waals surface area contributed by atoms with Gasteiger partial charge in [-0.2, -0.15) is 0 Å². The van der Waals surface area contributed by atoms with Gasteiger partial charge >= 0.3 is 0 Å². The monoisotopic (exact) mass is 351 g/mol. The van der Waals surface area contributed by atoms with E-state index in [1.54, 1.807) is 6.20 Å². The third kappa shape index (κ3) is 2.96. The third-order valence-electron chi connectivity index (χ3n) is 3.72. The maximum absolute atomic E-state index is 5.98.